The molecule has 0 aliphatic heterocycles. The maximum atomic E-state index is 12.2. The molecule has 0 aliphatic carbocycles. The highest BCUT2D eigenvalue weighted by Gasteiger charge is 2.13. The summed E-state index contributed by atoms with van der Waals surface area (Å²) in [4.78, 5) is 29.2. The lowest BCUT2D eigenvalue weighted by atomic mass is 10.3. The van der Waals surface area contributed by atoms with E-state index in [4.69, 9.17) is 0 Å². The van der Waals surface area contributed by atoms with Crippen LogP contribution >= 0.6 is 11.3 Å². The van der Waals surface area contributed by atoms with Crippen LogP contribution in [0.5, 0.6) is 0 Å². The van der Waals surface area contributed by atoms with Gasteiger partial charge in [-0.3, -0.25) is 14.9 Å². The molecule has 112 valence electrons. The molecule has 0 unspecified atom stereocenters. The predicted molar refractivity (Wildman–Crippen MR) is 83.0 cm³/mol. The third-order valence-electron chi connectivity index (χ3n) is 2.98. The van der Waals surface area contributed by atoms with E-state index in [1.54, 1.807) is 0 Å². The first-order chi connectivity index (χ1) is 10.0. The summed E-state index contributed by atoms with van der Waals surface area (Å²) in [5, 5.41) is 7.37. The summed E-state index contributed by atoms with van der Waals surface area (Å²) in [6.45, 7) is 6.45. The van der Waals surface area contributed by atoms with E-state index in [-0.39, 0.29) is 17.2 Å². The van der Waals surface area contributed by atoms with Crippen LogP contribution in [-0.2, 0) is 13.0 Å². The molecule has 21 heavy (non-hydrogen) atoms. The third kappa shape index (κ3) is 3.55. The van der Waals surface area contributed by atoms with E-state index >= 15 is 0 Å². The van der Waals surface area contributed by atoms with E-state index in [1.807, 2.05) is 20.8 Å². The summed E-state index contributed by atoms with van der Waals surface area (Å²) in [6.07, 6.45) is 1.61. The highest BCUT2D eigenvalue weighted by molar-refractivity contribution is 7.15. The zero-order valence-corrected chi connectivity index (χ0v) is 13.2. The molecule has 0 saturated heterocycles. The second-order valence-corrected chi connectivity index (χ2v) is 5.81. The van der Waals surface area contributed by atoms with Gasteiger partial charge in [-0.2, -0.15) is 5.10 Å². The van der Waals surface area contributed by atoms with Gasteiger partial charge in [0.05, 0.1) is 5.69 Å². The number of nitrogens with one attached hydrogen (secondary N) is 1. The Labute approximate surface area is 126 Å². The predicted octanol–water partition coefficient (Wildman–Crippen LogP) is 2.23. The van der Waals surface area contributed by atoms with Crippen molar-refractivity contribution in [3.8, 4) is 0 Å². The molecule has 1 amide bonds. The fourth-order valence-corrected chi connectivity index (χ4v) is 2.81. The SMILES string of the molecule is CCCn1nc(C(=O)Nc2nc(CC)c(C)s2)ccc1=O. The van der Waals surface area contributed by atoms with Gasteiger partial charge in [0, 0.05) is 17.5 Å². The van der Waals surface area contributed by atoms with Crippen molar-refractivity contribution in [1.82, 2.24) is 14.8 Å². The topological polar surface area (TPSA) is 76.9 Å². The first kappa shape index (κ1) is 15.4. The highest BCUT2D eigenvalue weighted by Crippen LogP contribution is 2.22. The minimum Gasteiger partial charge on any atom is -0.296 e. The molecule has 0 atom stereocenters. The molecule has 0 saturated carbocycles. The van der Waals surface area contributed by atoms with Crippen LogP contribution in [0.2, 0.25) is 0 Å². The van der Waals surface area contributed by atoms with Crippen LogP contribution in [0.25, 0.3) is 0 Å². The fraction of sp³-hybridized carbons (Fsp3) is 0.429. The quantitative estimate of drug-likeness (QED) is 0.919. The molecule has 7 heteroatoms. The number of amides is 1. The van der Waals surface area contributed by atoms with Gasteiger partial charge in [0.25, 0.3) is 11.5 Å². The lowest BCUT2D eigenvalue weighted by Gasteiger charge is -2.05. The number of anilines is 1. The zero-order valence-electron chi connectivity index (χ0n) is 12.3. The second kappa shape index (κ2) is 6.62. The van der Waals surface area contributed by atoms with Gasteiger partial charge in [0.15, 0.2) is 5.13 Å². The maximum absolute atomic E-state index is 12.2. The Balaban J connectivity index is 2.19. The zero-order chi connectivity index (χ0) is 15.4. The minimum atomic E-state index is -0.351. The van der Waals surface area contributed by atoms with Gasteiger partial charge in [-0.1, -0.05) is 13.8 Å². The summed E-state index contributed by atoms with van der Waals surface area (Å²) in [5.41, 5.74) is 1.000. The number of aryl methyl sites for hydroxylation is 3. The molecule has 0 radical (unpaired) electrons. The molecule has 2 aromatic heterocycles. The Hall–Kier alpha value is -2.02. The van der Waals surface area contributed by atoms with Crippen molar-refractivity contribution in [2.45, 2.75) is 40.2 Å². The molecule has 0 aliphatic rings. The van der Waals surface area contributed by atoms with Gasteiger partial charge in [-0.25, -0.2) is 9.67 Å². The van der Waals surface area contributed by atoms with Gasteiger partial charge < -0.3 is 0 Å². The molecule has 2 aromatic rings. The summed E-state index contributed by atoms with van der Waals surface area (Å²) in [7, 11) is 0. The van der Waals surface area contributed by atoms with E-state index in [0.717, 1.165) is 23.4 Å². The van der Waals surface area contributed by atoms with Crippen LogP contribution in [0.15, 0.2) is 16.9 Å². The van der Waals surface area contributed by atoms with Gasteiger partial charge in [0.2, 0.25) is 0 Å². The lowest BCUT2D eigenvalue weighted by Crippen LogP contribution is -2.26. The minimum absolute atomic E-state index is 0.202. The lowest BCUT2D eigenvalue weighted by molar-refractivity contribution is 0.101. The van der Waals surface area contributed by atoms with Crippen molar-refractivity contribution in [3.63, 3.8) is 0 Å². The van der Waals surface area contributed by atoms with Crippen LogP contribution in [0, 0.1) is 6.92 Å². The van der Waals surface area contributed by atoms with Crippen LogP contribution in [0.3, 0.4) is 0 Å². The number of hydrogen-bond donors (Lipinski definition) is 1. The Morgan fingerprint density at radius 2 is 2.14 bits per heavy atom. The van der Waals surface area contributed by atoms with Gasteiger partial charge in [-0.15, -0.1) is 11.3 Å². The number of carbonyl (C=O) groups is 1. The van der Waals surface area contributed by atoms with Crippen molar-refractivity contribution >= 4 is 22.4 Å². The number of hydrogen-bond acceptors (Lipinski definition) is 5. The molecule has 2 heterocycles. The Kier molecular flexibility index (Phi) is 4.85. The summed E-state index contributed by atoms with van der Waals surface area (Å²) >= 11 is 1.44. The van der Waals surface area contributed by atoms with Crippen molar-refractivity contribution in [3.05, 3.63) is 38.8 Å². The van der Waals surface area contributed by atoms with E-state index in [1.165, 1.54) is 28.2 Å². The average molecular weight is 306 g/mol. The average Bonchev–Trinajstić information content (AvgIpc) is 2.81. The van der Waals surface area contributed by atoms with Gasteiger partial charge in [0.1, 0.15) is 5.69 Å². The van der Waals surface area contributed by atoms with Crippen molar-refractivity contribution in [2.24, 2.45) is 0 Å². The smallest absolute Gasteiger partial charge is 0.277 e. The second-order valence-electron chi connectivity index (χ2n) is 4.61. The van der Waals surface area contributed by atoms with Crippen molar-refractivity contribution in [2.75, 3.05) is 5.32 Å². The van der Waals surface area contributed by atoms with E-state index in [9.17, 15) is 9.59 Å². The molecule has 6 nitrogen and oxygen atoms in total. The summed E-state index contributed by atoms with van der Waals surface area (Å²) in [5.74, 6) is -0.351. The highest BCUT2D eigenvalue weighted by atomic mass is 32.1. The van der Waals surface area contributed by atoms with Crippen LogP contribution in [-0.4, -0.2) is 20.7 Å². The number of nitrogens with zero attached hydrogens (tertiary/aromatic N) is 3. The van der Waals surface area contributed by atoms with Crippen LogP contribution in [0.1, 0.15) is 41.3 Å². The van der Waals surface area contributed by atoms with Crippen LogP contribution in [0.4, 0.5) is 5.13 Å². The standard InChI is InChI=1S/C14H18N4O2S/c1-4-8-18-12(19)7-6-11(17-18)13(20)16-14-15-10(5-2)9(3)21-14/h6-7H,4-5,8H2,1-3H3,(H,15,16,20). The number of carbonyl (C=O) groups excluding carboxylic acids is 1. The summed E-state index contributed by atoms with van der Waals surface area (Å²) in [6, 6.07) is 2.80. The van der Waals surface area contributed by atoms with Gasteiger partial charge >= 0.3 is 0 Å². The number of rotatable bonds is 5. The molecular formula is C14H18N4O2S. The van der Waals surface area contributed by atoms with Gasteiger partial charge in [-0.05, 0) is 25.8 Å². The van der Waals surface area contributed by atoms with E-state index in [2.05, 4.69) is 15.4 Å². The number of thiazole rings is 1. The first-order valence-electron chi connectivity index (χ1n) is 6.91. The largest absolute Gasteiger partial charge is 0.296 e. The Morgan fingerprint density at radius 3 is 2.76 bits per heavy atom. The monoisotopic (exact) mass is 306 g/mol. The van der Waals surface area contributed by atoms with E-state index in [0.29, 0.717) is 11.7 Å². The maximum Gasteiger partial charge on any atom is 0.277 e. The molecule has 1 N–H and O–H groups in total. The van der Waals surface area contributed by atoms with Crippen molar-refractivity contribution in [1.29, 1.82) is 0 Å². The number of aromatic nitrogens is 3. The molecule has 2 rings (SSSR count). The van der Waals surface area contributed by atoms with E-state index < -0.39 is 0 Å². The fourth-order valence-electron chi connectivity index (χ4n) is 1.91. The molecule has 0 bridgehead atoms. The van der Waals surface area contributed by atoms with Crippen LogP contribution < -0.4 is 10.9 Å². The van der Waals surface area contributed by atoms with Crippen molar-refractivity contribution < 1.29 is 4.79 Å². The molecule has 0 fully saturated rings. The molecular weight excluding hydrogens is 288 g/mol. The first-order valence-corrected chi connectivity index (χ1v) is 7.72. The normalized spacial score (nSPS) is 10.6. The Morgan fingerprint density at radius 1 is 1.38 bits per heavy atom. The molecule has 0 spiro atoms. The summed E-state index contributed by atoms with van der Waals surface area (Å²) < 4.78 is 1.31. The molecule has 0 aromatic carbocycles. The third-order valence-corrected chi connectivity index (χ3v) is 3.91. The Bertz CT molecular complexity index is 705.